The van der Waals surface area contributed by atoms with Gasteiger partial charge in [0.25, 0.3) is 0 Å². The van der Waals surface area contributed by atoms with Gasteiger partial charge in [0.2, 0.25) is 0 Å². The van der Waals surface area contributed by atoms with Crippen LogP contribution in [0.3, 0.4) is 0 Å². The molecular weight excluding hydrogens is 416 g/mol. The van der Waals surface area contributed by atoms with E-state index in [4.69, 9.17) is 30.5 Å². The van der Waals surface area contributed by atoms with E-state index < -0.39 is 12.1 Å². The third-order valence-electron chi connectivity index (χ3n) is 5.24. The molecule has 2 atom stereocenters. The molecule has 2 aromatic rings. The molecule has 0 amide bonds. The Bertz CT molecular complexity index is 851. The molecule has 0 aromatic heterocycles. The summed E-state index contributed by atoms with van der Waals surface area (Å²) in [5.74, 6) is 1.33. The molecule has 31 heavy (non-hydrogen) atoms. The number of hydrogen-bond donors (Lipinski definition) is 0. The largest absolute Gasteiger partial charge is 0.496 e. The van der Waals surface area contributed by atoms with Crippen molar-refractivity contribution in [1.29, 1.82) is 0 Å². The van der Waals surface area contributed by atoms with Crippen molar-refractivity contribution < 1.29 is 23.7 Å². The molecule has 0 heterocycles. The van der Waals surface area contributed by atoms with Crippen LogP contribution in [0.15, 0.2) is 43.0 Å². The zero-order valence-corrected chi connectivity index (χ0v) is 19.5. The minimum atomic E-state index is -0.575. The van der Waals surface area contributed by atoms with Gasteiger partial charge in [-0.2, -0.15) is 0 Å². The van der Waals surface area contributed by atoms with Crippen molar-refractivity contribution in [3.8, 4) is 11.5 Å². The molecule has 0 fully saturated rings. The number of fused-ring (bicyclic) bond motifs is 1. The van der Waals surface area contributed by atoms with E-state index in [0.29, 0.717) is 29.0 Å². The van der Waals surface area contributed by atoms with Gasteiger partial charge in [0, 0.05) is 29.5 Å². The van der Waals surface area contributed by atoms with E-state index in [-0.39, 0.29) is 13.2 Å². The Morgan fingerprint density at radius 3 is 2.55 bits per heavy atom. The van der Waals surface area contributed by atoms with Gasteiger partial charge < -0.3 is 18.9 Å². The summed E-state index contributed by atoms with van der Waals surface area (Å²) in [5, 5.41) is 2.14. The average molecular weight is 449 g/mol. The average Bonchev–Trinajstić information content (AvgIpc) is 2.79. The van der Waals surface area contributed by atoms with Crippen molar-refractivity contribution in [1.82, 2.24) is 0 Å². The van der Waals surface area contributed by atoms with Gasteiger partial charge in [0.05, 0.1) is 18.7 Å². The fourth-order valence-electron chi connectivity index (χ4n) is 3.53. The molecule has 2 unspecified atom stereocenters. The SMILES string of the molecule is C=CC(=O)OC(COCCC(CC)CCC)COc1c(Cl)cc(OC)c2ccccc12. The highest BCUT2D eigenvalue weighted by Gasteiger charge is 2.18. The third kappa shape index (κ3) is 7.44. The van der Waals surface area contributed by atoms with Crippen molar-refractivity contribution in [2.75, 3.05) is 26.9 Å². The Morgan fingerprint density at radius 2 is 1.90 bits per heavy atom. The van der Waals surface area contributed by atoms with Crippen LogP contribution in [0.25, 0.3) is 10.8 Å². The molecule has 0 bridgehead atoms. The minimum Gasteiger partial charge on any atom is -0.496 e. The summed E-state index contributed by atoms with van der Waals surface area (Å²) in [6.45, 7) is 8.84. The number of ether oxygens (including phenoxy) is 4. The highest BCUT2D eigenvalue weighted by molar-refractivity contribution is 6.33. The zero-order valence-electron chi connectivity index (χ0n) is 18.7. The number of rotatable bonds is 14. The summed E-state index contributed by atoms with van der Waals surface area (Å²) >= 11 is 6.45. The molecule has 0 spiro atoms. The highest BCUT2D eigenvalue weighted by Crippen LogP contribution is 2.39. The van der Waals surface area contributed by atoms with Crippen LogP contribution in [0.4, 0.5) is 0 Å². The van der Waals surface area contributed by atoms with Crippen molar-refractivity contribution >= 4 is 28.3 Å². The monoisotopic (exact) mass is 448 g/mol. The number of benzene rings is 2. The lowest BCUT2D eigenvalue weighted by Crippen LogP contribution is -2.29. The molecule has 0 aliphatic heterocycles. The van der Waals surface area contributed by atoms with E-state index in [2.05, 4.69) is 20.4 Å². The van der Waals surface area contributed by atoms with E-state index in [1.54, 1.807) is 13.2 Å². The van der Waals surface area contributed by atoms with Gasteiger partial charge in [-0.1, -0.05) is 75.6 Å². The summed E-state index contributed by atoms with van der Waals surface area (Å²) in [6, 6.07) is 9.41. The third-order valence-corrected chi connectivity index (χ3v) is 5.52. The van der Waals surface area contributed by atoms with Gasteiger partial charge in [0.15, 0.2) is 6.10 Å². The van der Waals surface area contributed by atoms with E-state index >= 15 is 0 Å². The zero-order chi connectivity index (χ0) is 22.6. The second kappa shape index (κ2) is 13.2. The first-order valence-corrected chi connectivity index (χ1v) is 11.2. The summed E-state index contributed by atoms with van der Waals surface area (Å²) in [5.41, 5.74) is 0. The maximum atomic E-state index is 11.8. The topological polar surface area (TPSA) is 54.0 Å². The number of carbonyl (C=O) groups is 1. The standard InChI is InChI=1S/C25H33ClO5/c1-5-10-18(6-2)13-14-29-16-19(31-24(27)7-3)17-30-25-21-12-9-8-11-20(21)23(28-4)15-22(25)26/h7-9,11-12,15,18-19H,3,5-6,10,13-14,16-17H2,1-2,4H3. The fraction of sp³-hybridized carbons (Fsp3) is 0.480. The smallest absolute Gasteiger partial charge is 0.330 e. The molecular formula is C25H33ClO5. The molecule has 0 saturated carbocycles. The summed E-state index contributed by atoms with van der Waals surface area (Å²) in [4.78, 5) is 11.8. The van der Waals surface area contributed by atoms with E-state index in [0.717, 1.165) is 29.7 Å². The Balaban J connectivity index is 2.06. The highest BCUT2D eigenvalue weighted by atomic mass is 35.5. The first kappa shape index (κ1) is 25.0. The van der Waals surface area contributed by atoms with E-state index in [9.17, 15) is 4.79 Å². The summed E-state index contributed by atoms with van der Waals surface area (Å²) in [6.07, 6.45) is 5.05. The van der Waals surface area contributed by atoms with Crippen LogP contribution >= 0.6 is 11.6 Å². The molecule has 0 N–H and O–H groups in total. The van der Waals surface area contributed by atoms with Crippen LogP contribution in [0.1, 0.15) is 39.5 Å². The first-order chi connectivity index (χ1) is 15.0. The number of halogens is 1. The Morgan fingerprint density at radius 1 is 1.16 bits per heavy atom. The number of hydrogen-bond acceptors (Lipinski definition) is 5. The van der Waals surface area contributed by atoms with Crippen LogP contribution in [0.2, 0.25) is 5.02 Å². The summed E-state index contributed by atoms with van der Waals surface area (Å²) in [7, 11) is 1.60. The van der Waals surface area contributed by atoms with Gasteiger partial charge in [-0.05, 0) is 12.3 Å². The predicted octanol–water partition coefficient (Wildman–Crippen LogP) is 6.21. The Kier molecular flexibility index (Phi) is 10.7. The number of carbonyl (C=O) groups excluding carboxylic acids is 1. The lowest BCUT2D eigenvalue weighted by atomic mass is 9.98. The van der Waals surface area contributed by atoms with E-state index in [1.165, 1.54) is 12.8 Å². The van der Waals surface area contributed by atoms with Gasteiger partial charge in [-0.15, -0.1) is 0 Å². The predicted molar refractivity (Wildman–Crippen MR) is 125 cm³/mol. The van der Waals surface area contributed by atoms with Gasteiger partial charge in [-0.25, -0.2) is 4.79 Å². The molecule has 0 radical (unpaired) electrons. The van der Waals surface area contributed by atoms with Gasteiger partial charge in [-0.3, -0.25) is 0 Å². The molecule has 0 aliphatic rings. The van der Waals surface area contributed by atoms with Crippen molar-refractivity contribution in [2.45, 2.75) is 45.6 Å². The molecule has 5 nitrogen and oxygen atoms in total. The van der Waals surface area contributed by atoms with Gasteiger partial charge in [0.1, 0.15) is 18.1 Å². The molecule has 6 heteroatoms. The van der Waals surface area contributed by atoms with Gasteiger partial charge >= 0.3 is 5.97 Å². The summed E-state index contributed by atoms with van der Waals surface area (Å²) < 4.78 is 22.7. The van der Waals surface area contributed by atoms with Crippen molar-refractivity contribution in [2.24, 2.45) is 5.92 Å². The maximum Gasteiger partial charge on any atom is 0.330 e. The maximum absolute atomic E-state index is 11.8. The Labute approximate surface area is 190 Å². The van der Waals surface area contributed by atoms with Crippen LogP contribution in [-0.4, -0.2) is 39.0 Å². The lowest BCUT2D eigenvalue weighted by Gasteiger charge is -2.20. The first-order valence-electron chi connectivity index (χ1n) is 10.8. The molecule has 170 valence electrons. The normalized spacial score (nSPS) is 12.9. The molecule has 0 saturated heterocycles. The quantitative estimate of drug-likeness (QED) is 0.195. The molecule has 0 aliphatic carbocycles. The van der Waals surface area contributed by atoms with Crippen molar-refractivity contribution in [3.05, 3.63) is 48.0 Å². The molecule has 2 aromatic carbocycles. The van der Waals surface area contributed by atoms with Crippen LogP contribution in [-0.2, 0) is 14.3 Å². The second-order valence-electron chi connectivity index (χ2n) is 7.44. The van der Waals surface area contributed by atoms with Crippen LogP contribution in [0.5, 0.6) is 11.5 Å². The van der Waals surface area contributed by atoms with Crippen LogP contribution in [0, 0.1) is 5.92 Å². The Hall–Kier alpha value is -2.24. The number of methoxy groups -OCH3 is 1. The number of esters is 1. The minimum absolute atomic E-state index is 0.113. The van der Waals surface area contributed by atoms with Crippen molar-refractivity contribution in [3.63, 3.8) is 0 Å². The lowest BCUT2D eigenvalue weighted by molar-refractivity contribution is -0.148. The van der Waals surface area contributed by atoms with E-state index in [1.807, 2.05) is 24.3 Å². The molecule has 2 rings (SSSR count). The van der Waals surface area contributed by atoms with Crippen LogP contribution < -0.4 is 9.47 Å². The fourth-order valence-corrected chi connectivity index (χ4v) is 3.78. The second-order valence-corrected chi connectivity index (χ2v) is 7.84.